The van der Waals surface area contributed by atoms with Crippen LogP contribution in [0.1, 0.15) is 80.9 Å². The van der Waals surface area contributed by atoms with Gasteiger partial charge in [-0.3, -0.25) is 0 Å². The van der Waals surface area contributed by atoms with Crippen molar-refractivity contribution in [3.8, 4) is 5.75 Å². The molecule has 182 valence electrons. The van der Waals surface area contributed by atoms with E-state index in [-0.39, 0.29) is 5.75 Å². The summed E-state index contributed by atoms with van der Waals surface area (Å²) in [6, 6.07) is 19.6. The molecule has 0 N–H and O–H groups in total. The molecule has 0 spiro atoms. The summed E-state index contributed by atoms with van der Waals surface area (Å²) in [6.07, 6.45) is 8.07. The van der Waals surface area contributed by atoms with Gasteiger partial charge in [0.1, 0.15) is 5.75 Å². The Morgan fingerprint density at radius 2 is 1.41 bits per heavy atom. The molecule has 1 saturated carbocycles. The molecule has 0 atom stereocenters. The molecule has 3 aromatic rings. The molecule has 3 aromatic carbocycles. The SMILES string of the molecule is CCCCC[C@H]1CC[C@H](c2ccc(CCc3ccc4cc(OC(F)(F)F)ccc4c3)cc2)CC1. The van der Waals surface area contributed by atoms with E-state index in [1.54, 1.807) is 6.07 Å². The summed E-state index contributed by atoms with van der Waals surface area (Å²) in [7, 11) is 0. The highest BCUT2D eigenvalue weighted by molar-refractivity contribution is 5.84. The van der Waals surface area contributed by atoms with Gasteiger partial charge in [0.2, 0.25) is 0 Å². The van der Waals surface area contributed by atoms with Crippen molar-refractivity contribution in [1.82, 2.24) is 0 Å². The molecule has 1 fully saturated rings. The van der Waals surface area contributed by atoms with Crippen molar-refractivity contribution in [3.63, 3.8) is 0 Å². The first-order chi connectivity index (χ1) is 16.4. The van der Waals surface area contributed by atoms with Crippen LogP contribution in [0.15, 0.2) is 60.7 Å². The summed E-state index contributed by atoms with van der Waals surface area (Å²) < 4.78 is 41.4. The van der Waals surface area contributed by atoms with E-state index in [0.717, 1.165) is 29.5 Å². The van der Waals surface area contributed by atoms with E-state index in [2.05, 4.69) is 42.0 Å². The number of benzene rings is 3. The normalized spacial score (nSPS) is 18.8. The van der Waals surface area contributed by atoms with Gasteiger partial charge in [0.15, 0.2) is 0 Å². The fourth-order valence-electron chi connectivity index (χ4n) is 5.34. The number of unbranched alkanes of at least 4 members (excludes halogenated alkanes) is 2. The summed E-state index contributed by atoms with van der Waals surface area (Å²) in [5, 5.41) is 1.67. The Bertz CT molecular complexity index is 1050. The Hall–Kier alpha value is -2.49. The number of aryl methyl sites for hydroxylation is 2. The number of alkyl halides is 3. The smallest absolute Gasteiger partial charge is 0.406 e. The highest BCUT2D eigenvalue weighted by Gasteiger charge is 2.31. The Labute approximate surface area is 201 Å². The number of fused-ring (bicyclic) bond motifs is 1. The van der Waals surface area contributed by atoms with Crippen LogP contribution >= 0.6 is 0 Å². The minimum atomic E-state index is -4.67. The minimum Gasteiger partial charge on any atom is -0.406 e. The summed E-state index contributed by atoms with van der Waals surface area (Å²) in [4.78, 5) is 0. The molecule has 0 aromatic heterocycles. The van der Waals surface area contributed by atoms with Gasteiger partial charge in [0.05, 0.1) is 0 Å². The second-order valence-corrected chi connectivity index (χ2v) is 9.85. The summed E-state index contributed by atoms with van der Waals surface area (Å²) in [6.45, 7) is 2.28. The molecule has 0 aliphatic heterocycles. The van der Waals surface area contributed by atoms with Crippen LogP contribution < -0.4 is 4.74 Å². The second kappa shape index (κ2) is 11.3. The zero-order valence-electron chi connectivity index (χ0n) is 20.0. The number of ether oxygens (including phenoxy) is 1. The largest absolute Gasteiger partial charge is 0.573 e. The van der Waals surface area contributed by atoms with Crippen LogP contribution in [0.2, 0.25) is 0 Å². The molecule has 1 aliphatic rings. The molecular weight excluding hydrogens is 433 g/mol. The molecule has 0 radical (unpaired) electrons. The van der Waals surface area contributed by atoms with E-state index in [4.69, 9.17) is 0 Å². The molecule has 1 nitrogen and oxygen atoms in total. The predicted octanol–water partition coefficient (Wildman–Crippen LogP) is 9.38. The van der Waals surface area contributed by atoms with Crippen molar-refractivity contribution < 1.29 is 17.9 Å². The zero-order chi connectivity index (χ0) is 24.0. The number of hydrogen-bond donors (Lipinski definition) is 0. The third-order valence-corrected chi connectivity index (χ3v) is 7.33. The van der Waals surface area contributed by atoms with Crippen LogP contribution in [-0.4, -0.2) is 6.36 Å². The van der Waals surface area contributed by atoms with Gasteiger partial charge in [-0.2, -0.15) is 0 Å². The molecular formula is C30H35F3O. The van der Waals surface area contributed by atoms with Crippen LogP contribution in [0.4, 0.5) is 13.2 Å². The van der Waals surface area contributed by atoms with Crippen molar-refractivity contribution in [1.29, 1.82) is 0 Å². The first kappa shape index (κ1) is 24.6. The molecule has 4 rings (SSSR count). The van der Waals surface area contributed by atoms with Crippen LogP contribution in [0.3, 0.4) is 0 Å². The topological polar surface area (TPSA) is 9.23 Å². The molecule has 1 aliphatic carbocycles. The Morgan fingerprint density at radius 1 is 0.765 bits per heavy atom. The molecule has 0 saturated heterocycles. The third-order valence-electron chi connectivity index (χ3n) is 7.33. The number of rotatable bonds is 9. The van der Waals surface area contributed by atoms with E-state index >= 15 is 0 Å². The van der Waals surface area contributed by atoms with Crippen molar-refractivity contribution >= 4 is 10.8 Å². The first-order valence-electron chi connectivity index (χ1n) is 12.8. The van der Waals surface area contributed by atoms with Crippen LogP contribution in [-0.2, 0) is 12.8 Å². The van der Waals surface area contributed by atoms with Crippen LogP contribution in [0.25, 0.3) is 10.8 Å². The van der Waals surface area contributed by atoms with E-state index in [9.17, 15) is 13.2 Å². The van der Waals surface area contributed by atoms with Gasteiger partial charge >= 0.3 is 6.36 Å². The predicted molar refractivity (Wildman–Crippen MR) is 133 cm³/mol. The van der Waals surface area contributed by atoms with Crippen molar-refractivity contribution in [2.24, 2.45) is 5.92 Å². The number of hydrogen-bond acceptors (Lipinski definition) is 1. The summed E-state index contributed by atoms with van der Waals surface area (Å²) >= 11 is 0. The van der Waals surface area contributed by atoms with Gasteiger partial charge in [-0.15, -0.1) is 13.2 Å². The molecule has 0 heterocycles. The van der Waals surface area contributed by atoms with E-state index < -0.39 is 6.36 Å². The molecule has 0 amide bonds. The standard InChI is InChI=1S/C30H35F3O/c1-2-3-4-5-22-8-13-25(14-9-22)26-15-10-23(11-16-26)6-7-24-12-17-28-21-29(34-30(31,32)33)19-18-27(28)20-24/h10-12,15-22,25H,2-9,13-14H2,1H3/t22-,25-. The summed E-state index contributed by atoms with van der Waals surface area (Å²) in [5.74, 6) is 1.47. The number of halogens is 3. The molecule has 34 heavy (non-hydrogen) atoms. The maximum atomic E-state index is 12.4. The third kappa shape index (κ3) is 7.01. The fourth-order valence-corrected chi connectivity index (χ4v) is 5.34. The van der Waals surface area contributed by atoms with Gasteiger partial charge in [-0.25, -0.2) is 0 Å². The van der Waals surface area contributed by atoms with Crippen molar-refractivity contribution in [2.45, 2.75) is 83.4 Å². The van der Waals surface area contributed by atoms with Gasteiger partial charge in [-0.05, 0) is 90.0 Å². The average molecular weight is 469 g/mol. The maximum absolute atomic E-state index is 12.4. The molecule has 4 heteroatoms. The quantitative estimate of drug-likeness (QED) is 0.284. The van der Waals surface area contributed by atoms with Gasteiger partial charge < -0.3 is 4.74 Å². The minimum absolute atomic E-state index is 0.183. The van der Waals surface area contributed by atoms with Gasteiger partial charge in [0, 0.05) is 0 Å². The van der Waals surface area contributed by atoms with Crippen LogP contribution in [0.5, 0.6) is 5.75 Å². The lowest BCUT2D eigenvalue weighted by Gasteiger charge is -2.29. The summed E-state index contributed by atoms with van der Waals surface area (Å²) in [5.41, 5.74) is 3.99. The van der Waals surface area contributed by atoms with E-state index in [1.807, 2.05) is 12.1 Å². The van der Waals surface area contributed by atoms with Crippen LogP contribution in [0, 0.1) is 5.92 Å². The lowest BCUT2D eigenvalue weighted by molar-refractivity contribution is -0.274. The zero-order valence-corrected chi connectivity index (χ0v) is 20.0. The first-order valence-corrected chi connectivity index (χ1v) is 12.8. The van der Waals surface area contributed by atoms with E-state index in [0.29, 0.717) is 5.92 Å². The molecule has 0 unspecified atom stereocenters. The fraction of sp³-hybridized carbons (Fsp3) is 0.467. The lowest BCUT2D eigenvalue weighted by atomic mass is 9.77. The van der Waals surface area contributed by atoms with Crippen molar-refractivity contribution in [3.05, 3.63) is 77.4 Å². The average Bonchev–Trinajstić information content (AvgIpc) is 2.83. The monoisotopic (exact) mass is 468 g/mol. The van der Waals surface area contributed by atoms with Crippen molar-refractivity contribution in [2.75, 3.05) is 0 Å². The Kier molecular flexibility index (Phi) is 8.18. The second-order valence-electron chi connectivity index (χ2n) is 9.85. The van der Waals surface area contributed by atoms with Gasteiger partial charge in [0.25, 0.3) is 0 Å². The highest BCUT2D eigenvalue weighted by atomic mass is 19.4. The Balaban J connectivity index is 1.29. The van der Waals surface area contributed by atoms with Gasteiger partial charge in [-0.1, -0.05) is 81.1 Å². The molecule has 0 bridgehead atoms. The highest BCUT2D eigenvalue weighted by Crippen LogP contribution is 2.38. The Morgan fingerprint density at radius 3 is 2.12 bits per heavy atom. The van der Waals surface area contributed by atoms with E-state index in [1.165, 1.54) is 80.2 Å². The lowest BCUT2D eigenvalue weighted by Crippen LogP contribution is -2.16. The maximum Gasteiger partial charge on any atom is 0.573 e.